The number of rotatable bonds is 5. The fourth-order valence-electron chi connectivity index (χ4n) is 1.91. The summed E-state index contributed by atoms with van der Waals surface area (Å²) < 4.78 is 24.2. The van der Waals surface area contributed by atoms with Crippen molar-refractivity contribution in [1.82, 2.24) is 0 Å². The van der Waals surface area contributed by atoms with Gasteiger partial charge in [-0.2, -0.15) is 0 Å². The predicted molar refractivity (Wildman–Crippen MR) is 86.5 cm³/mol. The summed E-state index contributed by atoms with van der Waals surface area (Å²) in [4.78, 5) is 0.269. The molecule has 0 radical (unpaired) electrons. The number of sulfone groups is 1. The van der Waals surface area contributed by atoms with Crippen LogP contribution >= 0.6 is 0 Å². The van der Waals surface area contributed by atoms with Crippen molar-refractivity contribution in [2.75, 3.05) is 0 Å². The molecule has 2 nitrogen and oxygen atoms in total. The standard InChI is InChI=1S/C18H16O2S/c1-2-9-16-10-6-7-11-17(16)12-8-15-21(19,20)18-13-4-3-5-14-18/h2-7,10-15H,1,9H2. The summed E-state index contributed by atoms with van der Waals surface area (Å²) in [5.41, 5.74) is 4.80. The highest BCUT2D eigenvalue weighted by Gasteiger charge is 2.08. The van der Waals surface area contributed by atoms with E-state index in [1.165, 1.54) is 0 Å². The van der Waals surface area contributed by atoms with Crippen molar-refractivity contribution in [2.45, 2.75) is 11.3 Å². The molecule has 0 fully saturated rings. The second-order valence-corrected chi connectivity index (χ2v) is 6.28. The molecule has 0 amide bonds. The Hall–Kier alpha value is -2.35. The minimum atomic E-state index is -3.44. The molecule has 0 aliphatic rings. The van der Waals surface area contributed by atoms with Gasteiger partial charge in [0.1, 0.15) is 0 Å². The van der Waals surface area contributed by atoms with Gasteiger partial charge in [-0.3, -0.25) is 0 Å². The van der Waals surface area contributed by atoms with Crippen LogP contribution in [-0.4, -0.2) is 8.42 Å². The third-order valence-electron chi connectivity index (χ3n) is 2.95. The van der Waals surface area contributed by atoms with Crippen LogP contribution in [0.5, 0.6) is 0 Å². The van der Waals surface area contributed by atoms with Crippen molar-refractivity contribution in [3.63, 3.8) is 0 Å². The van der Waals surface area contributed by atoms with E-state index in [0.717, 1.165) is 23.0 Å². The minimum absolute atomic E-state index is 0.269. The largest absolute Gasteiger partial charge is 0.218 e. The van der Waals surface area contributed by atoms with Gasteiger partial charge >= 0.3 is 0 Å². The molecule has 21 heavy (non-hydrogen) atoms. The number of benzene rings is 2. The average Bonchev–Trinajstić information content (AvgIpc) is 2.50. The Balaban J connectivity index is 2.31. The molecular weight excluding hydrogens is 280 g/mol. The van der Waals surface area contributed by atoms with Crippen LogP contribution in [0.15, 0.2) is 83.3 Å². The molecule has 2 aromatic carbocycles. The van der Waals surface area contributed by atoms with Crippen molar-refractivity contribution in [3.05, 3.63) is 89.5 Å². The first-order valence-electron chi connectivity index (χ1n) is 6.55. The molecule has 106 valence electrons. The molecule has 2 aromatic rings. The van der Waals surface area contributed by atoms with Gasteiger partial charge in [0.15, 0.2) is 0 Å². The highest BCUT2D eigenvalue weighted by atomic mass is 32.2. The van der Waals surface area contributed by atoms with Gasteiger partial charge in [-0.15, -0.1) is 12.3 Å². The second kappa shape index (κ2) is 6.89. The zero-order valence-electron chi connectivity index (χ0n) is 11.6. The van der Waals surface area contributed by atoms with Crippen molar-refractivity contribution >= 4 is 15.9 Å². The van der Waals surface area contributed by atoms with Gasteiger partial charge in [-0.1, -0.05) is 48.5 Å². The Morgan fingerprint density at radius 2 is 1.67 bits per heavy atom. The maximum Gasteiger partial charge on any atom is 0.207 e. The van der Waals surface area contributed by atoms with Gasteiger partial charge in [0, 0.05) is 0 Å². The van der Waals surface area contributed by atoms with Crippen molar-refractivity contribution in [2.24, 2.45) is 0 Å². The lowest BCUT2D eigenvalue weighted by atomic mass is 10.0. The average molecular weight is 296 g/mol. The van der Waals surface area contributed by atoms with Crippen LogP contribution in [0.2, 0.25) is 0 Å². The van der Waals surface area contributed by atoms with Crippen molar-refractivity contribution < 1.29 is 8.42 Å². The topological polar surface area (TPSA) is 34.1 Å². The summed E-state index contributed by atoms with van der Waals surface area (Å²) in [5.74, 6) is 0. The lowest BCUT2D eigenvalue weighted by Crippen LogP contribution is -1.94. The molecule has 0 aliphatic heterocycles. The second-order valence-electron chi connectivity index (χ2n) is 4.48. The maximum absolute atomic E-state index is 12.1. The molecule has 0 saturated carbocycles. The Morgan fingerprint density at radius 3 is 2.38 bits per heavy atom. The van der Waals surface area contributed by atoms with Gasteiger partial charge in [0.2, 0.25) is 9.84 Å². The highest BCUT2D eigenvalue weighted by molar-refractivity contribution is 7.94. The highest BCUT2D eigenvalue weighted by Crippen LogP contribution is 2.13. The van der Waals surface area contributed by atoms with Crippen LogP contribution < -0.4 is 0 Å². The normalized spacial score (nSPS) is 10.5. The first-order valence-corrected chi connectivity index (χ1v) is 8.09. The summed E-state index contributed by atoms with van der Waals surface area (Å²) in [6, 6.07) is 16.1. The van der Waals surface area contributed by atoms with Gasteiger partial charge < -0.3 is 0 Å². The maximum atomic E-state index is 12.1. The Bertz CT molecular complexity index is 781. The Labute approximate surface area is 125 Å². The van der Waals surface area contributed by atoms with Crippen LogP contribution in [0.3, 0.4) is 0 Å². The van der Waals surface area contributed by atoms with E-state index in [4.69, 9.17) is 0 Å². The molecule has 0 saturated heterocycles. The summed E-state index contributed by atoms with van der Waals surface area (Å²) >= 11 is 0. The molecule has 0 unspecified atom stereocenters. The quantitative estimate of drug-likeness (QED) is 0.617. The molecule has 0 aromatic heterocycles. The van der Waals surface area contributed by atoms with E-state index in [2.05, 4.69) is 12.3 Å². The van der Waals surface area contributed by atoms with Crippen LogP contribution in [-0.2, 0) is 16.3 Å². The van der Waals surface area contributed by atoms with E-state index in [-0.39, 0.29) is 4.90 Å². The fourth-order valence-corrected chi connectivity index (χ4v) is 2.83. The Morgan fingerprint density at radius 1 is 1.00 bits per heavy atom. The van der Waals surface area contributed by atoms with Gasteiger partial charge in [0.05, 0.1) is 10.3 Å². The fraction of sp³-hybridized carbons (Fsp3) is 0.0556. The SMILES string of the molecule is C=CCc1ccccc1C=C=CS(=O)(=O)c1ccccc1. The zero-order valence-corrected chi connectivity index (χ0v) is 12.4. The molecule has 2 rings (SSSR count). The van der Waals surface area contributed by atoms with E-state index in [9.17, 15) is 8.42 Å². The number of hydrogen-bond acceptors (Lipinski definition) is 2. The lowest BCUT2D eigenvalue weighted by molar-refractivity contribution is 0.604. The van der Waals surface area contributed by atoms with Crippen LogP contribution in [0.1, 0.15) is 11.1 Å². The molecule has 0 atom stereocenters. The minimum Gasteiger partial charge on any atom is -0.218 e. The summed E-state index contributed by atoms with van der Waals surface area (Å²) in [5, 5.41) is 1.10. The van der Waals surface area contributed by atoms with Crippen LogP contribution in [0.4, 0.5) is 0 Å². The van der Waals surface area contributed by atoms with Crippen molar-refractivity contribution in [1.29, 1.82) is 0 Å². The van der Waals surface area contributed by atoms with E-state index in [1.54, 1.807) is 36.4 Å². The van der Waals surface area contributed by atoms with E-state index >= 15 is 0 Å². The molecule has 3 heteroatoms. The monoisotopic (exact) mass is 296 g/mol. The smallest absolute Gasteiger partial charge is 0.207 e. The summed E-state index contributed by atoms with van der Waals surface area (Å²) in [7, 11) is -3.44. The van der Waals surface area contributed by atoms with Gasteiger partial charge in [-0.05, 0) is 35.8 Å². The number of allylic oxidation sites excluding steroid dienone is 1. The molecule has 0 heterocycles. The summed E-state index contributed by atoms with van der Waals surface area (Å²) in [6.45, 7) is 3.72. The molecule has 0 N–H and O–H groups in total. The molecule has 0 aliphatic carbocycles. The third-order valence-corrected chi connectivity index (χ3v) is 4.33. The van der Waals surface area contributed by atoms with Crippen LogP contribution in [0, 0.1) is 0 Å². The van der Waals surface area contributed by atoms with Crippen molar-refractivity contribution in [3.8, 4) is 0 Å². The first kappa shape index (κ1) is 15.0. The summed E-state index contributed by atoms with van der Waals surface area (Å²) in [6.07, 6.45) is 4.23. The van der Waals surface area contributed by atoms with Crippen LogP contribution in [0.25, 0.3) is 6.08 Å². The molecular formula is C18H16O2S. The van der Waals surface area contributed by atoms with E-state index in [0.29, 0.717) is 0 Å². The van der Waals surface area contributed by atoms with E-state index < -0.39 is 9.84 Å². The lowest BCUT2D eigenvalue weighted by Gasteiger charge is -2.00. The molecule has 0 spiro atoms. The zero-order chi connectivity index (χ0) is 15.1. The Kier molecular flexibility index (Phi) is 4.94. The van der Waals surface area contributed by atoms with E-state index in [1.807, 2.05) is 30.3 Å². The van der Waals surface area contributed by atoms with Gasteiger partial charge in [-0.25, -0.2) is 8.42 Å². The van der Waals surface area contributed by atoms with Gasteiger partial charge in [0.25, 0.3) is 0 Å². The molecule has 0 bridgehead atoms. The predicted octanol–water partition coefficient (Wildman–Crippen LogP) is 4.01. The number of hydrogen-bond donors (Lipinski definition) is 0. The first-order chi connectivity index (χ1) is 10.1. The third kappa shape index (κ3) is 4.06.